The number of aromatic nitrogens is 2. The van der Waals surface area contributed by atoms with Gasteiger partial charge >= 0.3 is 6.09 Å². The molecule has 0 saturated carbocycles. The highest BCUT2D eigenvalue weighted by atomic mass is 16.5. The van der Waals surface area contributed by atoms with E-state index >= 15 is 0 Å². The van der Waals surface area contributed by atoms with Crippen molar-refractivity contribution in [1.82, 2.24) is 9.38 Å². The first kappa shape index (κ1) is 19.3. The fourth-order valence-corrected chi connectivity index (χ4v) is 3.28. The van der Waals surface area contributed by atoms with Gasteiger partial charge in [-0.1, -0.05) is 12.1 Å². The number of nitrogens with one attached hydrogen (secondary N) is 2. The summed E-state index contributed by atoms with van der Waals surface area (Å²) >= 11 is 0. The van der Waals surface area contributed by atoms with Crippen LogP contribution in [0, 0.1) is 33.1 Å². The Morgan fingerprint density at radius 2 is 2.04 bits per heavy atom. The number of amides is 1. The smallest absolute Gasteiger partial charge is 0.411 e. The SMILES string of the molecule is C#CCc1c(C)nc2c(NCc3c(C)cccc3NC(=O)OC)c(C)ccn12. The Kier molecular flexibility index (Phi) is 5.55. The van der Waals surface area contributed by atoms with E-state index in [0.29, 0.717) is 13.0 Å². The van der Waals surface area contributed by atoms with Crippen LogP contribution < -0.4 is 10.6 Å². The topological polar surface area (TPSA) is 67.7 Å². The van der Waals surface area contributed by atoms with Gasteiger partial charge in [-0.25, -0.2) is 9.78 Å². The highest BCUT2D eigenvalue weighted by Gasteiger charge is 2.15. The van der Waals surface area contributed by atoms with Crippen LogP contribution >= 0.6 is 0 Å². The molecular formula is C22H24N4O2. The summed E-state index contributed by atoms with van der Waals surface area (Å²) in [6, 6.07) is 7.82. The molecule has 0 aliphatic carbocycles. The van der Waals surface area contributed by atoms with Crippen LogP contribution in [0.3, 0.4) is 0 Å². The van der Waals surface area contributed by atoms with Crippen LogP contribution in [0.25, 0.3) is 5.65 Å². The largest absolute Gasteiger partial charge is 0.453 e. The number of aryl methyl sites for hydroxylation is 3. The number of nitrogens with zero attached hydrogens (tertiary/aromatic N) is 2. The molecule has 2 aromatic heterocycles. The maximum Gasteiger partial charge on any atom is 0.411 e. The number of benzene rings is 1. The van der Waals surface area contributed by atoms with E-state index in [0.717, 1.165) is 45.1 Å². The lowest BCUT2D eigenvalue weighted by Gasteiger charge is -2.16. The fourth-order valence-electron chi connectivity index (χ4n) is 3.28. The summed E-state index contributed by atoms with van der Waals surface area (Å²) in [6.45, 7) is 6.55. The van der Waals surface area contributed by atoms with Crippen LogP contribution in [-0.2, 0) is 17.7 Å². The van der Waals surface area contributed by atoms with Crippen molar-refractivity contribution in [3.63, 3.8) is 0 Å². The Hall–Kier alpha value is -3.46. The van der Waals surface area contributed by atoms with E-state index in [1.807, 2.05) is 55.6 Å². The molecule has 0 aliphatic rings. The van der Waals surface area contributed by atoms with E-state index in [1.54, 1.807) is 0 Å². The van der Waals surface area contributed by atoms with Gasteiger partial charge in [-0.15, -0.1) is 12.3 Å². The third kappa shape index (κ3) is 3.65. The lowest BCUT2D eigenvalue weighted by molar-refractivity contribution is 0.187. The van der Waals surface area contributed by atoms with Crippen molar-refractivity contribution >= 4 is 23.1 Å². The number of methoxy groups -OCH3 is 1. The second-order valence-corrected chi connectivity index (χ2v) is 6.66. The predicted molar refractivity (Wildman–Crippen MR) is 112 cm³/mol. The summed E-state index contributed by atoms with van der Waals surface area (Å²) in [6.07, 6.45) is 7.55. The zero-order chi connectivity index (χ0) is 20.3. The highest BCUT2D eigenvalue weighted by molar-refractivity contribution is 5.86. The van der Waals surface area contributed by atoms with E-state index in [9.17, 15) is 4.79 Å². The van der Waals surface area contributed by atoms with Crippen molar-refractivity contribution in [3.05, 3.63) is 58.5 Å². The summed E-state index contributed by atoms with van der Waals surface area (Å²) in [5.74, 6) is 2.70. The Bertz CT molecular complexity index is 1080. The standard InChI is InChI=1S/C22H24N4O2/c1-6-8-19-16(4)24-21-20(15(3)11-12-26(19)21)23-13-17-14(2)9-7-10-18(17)25-22(27)28-5/h1,7,9-12,23H,8,13H2,2-5H3,(H,25,27). The molecule has 2 heterocycles. The van der Waals surface area contributed by atoms with Crippen molar-refractivity contribution in [3.8, 4) is 12.3 Å². The molecule has 1 amide bonds. The summed E-state index contributed by atoms with van der Waals surface area (Å²) in [5, 5.41) is 6.28. The van der Waals surface area contributed by atoms with E-state index in [1.165, 1.54) is 7.11 Å². The first-order valence-electron chi connectivity index (χ1n) is 9.04. The maximum atomic E-state index is 11.7. The number of hydrogen-bond acceptors (Lipinski definition) is 4. The number of fused-ring (bicyclic) bond motifs is 1. The highest BCUT2D eigenvalue weighted by Crippen LogP contribution is 2.27. The summed E-state index contributed by atoms with van der Waals surface area (Å²) in [7, 11) is 1.35. The van der Waals surface area contributed by atoms with Crippen LogP contribution in [0.4, 0.5) is 16.2 Å². The van der Waals surface area contributed by atoms with Crippen molar-refractivity contribution in [2.45, 2.75) is 33.7 Å². The Morgan fingerprint density at radius 1 is 1.25 bits per heavy atom. The maximum absolute atomic E-state index is 11.7. The van der Waals surface area contributed by atoms with Crippen LogP contribution in [-0.4, -0.2) is 22.6 Å². The zero-order valence-corrected chi connectivity index (χ0v) is 16.6. The molecule has 28 heavy (non-hydrogen) atoms. The minimum atomic E-state index is -0.493. The quantitative estimate of drug-likeness (QED) is 0.654. The molecule has 144 valence electrons. The van der Waals surface area contributed by atoms with Crippen molar-refractivity contribution in [2.24, 2.45) is 0 Å². The first-order chi connectivity index (χ1) is 13.5. The molecule has 6 nitrogen and oxygen atoms in total. The van der Waals surface area contributed by atoms with Gasteiger partial charge in [0.1, 0.15) is 0 Å². The zero-order valence-electron chi connectivity index (χ0n) is 16.6. The third-order valence-electron chi connectivity index (χ3n) is 4.85. The molecule has 0 fully saturated rings. The molecule has 0 aliphatic heterocycles. The molecule has 3 rings (SSSR count). The average molecular weight is 376 g/mol. The Morgan fingerprint density at radius 3 is 2.75 bits per heavy atom. The average Bonchev–Trinajstić information content (AvgIpc) is 2.98. The third-order valence-corrected chi connectivity index (χ3v) is 4.85. The van der Waals surface area contributed by atoms with Crippen LogP contribution in [0.5, 0.6) is 0 Å². The number of imidazole rings is 1. The molecule has 0 bridgehead atoms. The van der Waals surface area contributed by atoms with E-state index in [-0.39, 0.29) is 0 Å². The number of carbonyl (C=O) groups excluding carboxylic acids is 1. The number of rotatable bonds is 5. The van der Waals surface area contributed by atoms with E-state index < -0.39 is 6.09 Å². The van der Waals surface area contributed by atoms with Crippen molar-refractivity contribution < 1.29 is 9.53 Å². The second kappa shape index (κ2) is 8.05. The molecule has 0 saturated heterocycles. The predicted octanol–water partition coefficient (Wildman–Crippen LogP) is 4.23. The fraction of sp³-hybridized carbons (Fsp3) is 0.273. The molecule has 1 aromatic carbocycles. The van der Waals surface area contributed by atoms with Crippen LogP contribution in [0.15, 0.2) is 30.5 Å². The van der Waals surface area contributed by atoms with Gasteiger partial charge < -0.3 is 14.5 Å². The van der Waals surface area contributed by atoms with Gasteiger partial charge in [0.05, 0.1) is 30.6 Å². The van der Waals surface area contributed by atoms with Gasteiger partial charge in [-0.3, -0.25) is 5.32 Å². The van der Waals surface area contributed by atoms with Gasteiger partial charge in [0.25, 0.3) is 0 Å². The van der Waals surface area contributed by atoms with Gasteiger partial charge in [0.15, 0.2) is 5.65 Å². The Balaban J connectivity index is 1.97. The summed E-state index contributed by atoms with van der Waals surface area (Å²) in [4.78, 5) is 16.4. The number of carbonyl (C=O) groups is 1. The lowest BCUT2D eigenvalue weighted by Crippen LogP contribution is -2.14. The van der Waals surface area contributed by atoms with E-state index in [2.05, 4.69) is 16.6 Å². The normalized spacial score (nSPS) is 10.5. The van der Waals surface area contributed by atoms with Gasteiger partial charge in [-0.05, 0) is 49.6 Å². The number of terminal acetylenes is 1. The molecule has 0 atom stereocenters. The lowest BCUT2D eigenvalue weighted by atomic mass is 10.1. The summed E-state index contributed by atoms with van der Waals surface area (Å²) in [5.41, 5.74) is 7.59. The minimum absolute atomic E-state index is 0.493. The molecular weight excluding hydrogens is 352 g/mol. The Labute approximate surface area is 164 Å². The first-order valence-corrected chi connectivity index (χ1v) is 9.04. The summed E-state index contributed by atoms with van der Waals surface area (Å²) < 4.78 is 6.77. The van der Waals surface area contributed by atoms with E-state index in [4.69, 9.17) is 16.1 Å². The van der Waals surface area contributed by atoms with Gasteiger partial charge in [0, 0.05) is 18.4 Å². The molecule has 0 unspecified atom stereocenters. The second-order valence-electron chi connectivity index (χ2n) is 6.66. The number of anilines is 2. The van der Waals surface area contributed by atoms with Crippen LogP contribution in [0.2, 0.25) is 0 Å². The molecule has 6 heteroatoms. The number of hydrogen-bond donors (Lipinski definition) is 2. The minimum Gasteiger partial charge on any atom is -0.453 e. The number of pyridine rings is 1. The molecule has 0 spiro atoms. The number of ether oxygens (including phenoxy) is 1. The van der Waals surface area contributed by atoms with Crippen LogP contribution in [0.1, 0.15) is 28.1 Å². The molecule has 3 aromatic rings. The van der Waals surface area contributed by atoms with Crippen molar-refractivity contribution in [1.29, 1.82) is 0 Å². The monoisotopic (exact) mass is 376 g/mol. The van der Waals surface area contributed by atoms with Gasteiger partial charge in [-0.2, -0.15) is 0 Å². The molecule has 2 N–H and O–H groups in total. The molecule has 0 radical (unpaired) electrons. The van der Waals surface area contributed by atoms with Crippen molar-refractivity contribution in [2.75, 3.05) is 17.7 Å². The van der Waals surface area contributed by atoms with Gasteiger partial charge in [0.2, 0.25) is 0 Å².